The third-order valence-corrected chi connectivity index (χ3v) is 3.27. The summed E-state index contributed by atoms with van der Waals surface area (Å²) in [4.78, 5) is 11.4. The van der Waals surface area contributed by atoms with Crippen molar-refractivity contribution >= 4 is 5.97 Å². The number of halogens is 4. The Kier molecular flexibility index (Phi) is 4.39. The number of alkyl halides is 3. The van der Waals surface area contributed by atoms with Gasteiger partial charge in [0.05, 0.1) is 18.1 Å². The number of ether oxygens (including phenoxy) is 2. The lowest BCUT2D eigenvalue weighted by Crippen LogP contribution is -2.39. The summed E-state index contributed by atoms with van der Waals surface area (Å²) in [6.07, 6.45) is -4.23. The topological polar surface area (TPSA) is 35.5 Å². The summed E-state index contributed by atoms with van der Waals surface area (Å²) in [6.45, 7) is 1.98. The Morgan fingerprint density at radius 1 is 1.33 bits per heavy atom. The summed E-state index contributed by atoms with van der Waals surface area (Å²) in [5.74, 6) is -1.92. The lowest BCUT2D eigenvalue weighted by Gasteiger charge is -2.33. The molecule has 21 heavy (non-hydrogen) atoms. The van der Waals surface area contributed by atoms with Crippen molar-refractivity contribution in [1.29, 1.82) is 0 Å². The molecule has 3 nitrogen and oxygen atoms in total. The summed E-state index contributed by atoms with van der Waals surface area (Å²) in [5, 5.41) is 0. The molecule has 0 heterocycles. The number of carbonyl (C=O) groups is 1. The number of rotatable bonds is 4. The number of esters is 1. The number of carbonyl (C=O) groups excluding carboxylic acids is 1. The number of hydrogen-bond donors (Lipinski definition) is 0. The summed E-state index contributed by atoms with van der Waals surface area (Å²) >= 11 is 0. The third kappa shape index (κ3) is 3.65. The van der Waals surface area contributed by atoms with Crippen LogP contribution in [0, 0.1) is 11.7 Å². The van der Waals surface area contributed by atoms with Gasteiger partial charge in [-0.25, -0.2) is 4.39 Å². The highest BCUT2D eigenvalue weighted by Gasteiger charge is 2.38. The fourth-order valence-corrected chi connectivity index (χ4v) is 2.07. The summed E-state index contributed by atoms with van der Waals surface area (Å²) in [6, 6.07) is 2.12. The molecule has 1 aromatic rings. The first-order valence-electron chi connectivity index (χ1n) is 6.51. The van der Waals surface area contributed by atoms with E-state index in [1.807, 2.05) is 0 Å². The van der Waals surface area contributed by atoms with E-state index >= 15 is 0 Å². The van der Waals surface area contributed by atoms with Gasteiger partial charge in [0, 0.05) is 0 Å². The van der Waals surface area contributed by atoms with Crippen LogP contribution in [0.1, 0.15) is 25.3 Å². The second-order valence-electron chi connectivity index (χ2n) is 4.80. The molecule has 0 aliphatic heterocycles. The first-order chi connectivity index (χ1) is 9.81. The fraction of sp³-hybridized carbons (Fsp3) is 0.500. The lowest BCUT2D eigenvalue weighted by molar-refractivity contribution is -0.154. The van der Waals surface area contributed by atoms with E-state index in [4.69, 9.17) is 9.47 Å². The van der Waals surface area contributed by atoms with Crippen LogP contribution in [0.3, 0.4) is 0 Å². The van der Waals surface area contributed by atoms with Crippen LogP contribution in [0.2, 0.25) is 0 Å². The smallest absolute Gasteiger partial charge is 0.416 e. The first-order valence-corrected chi connectivity index (χ1v) is 6.51. The predicted molar refractivity (Wildman–Crippen MR) is 65.2 cm³/mol. The zero-order valence-electron chi connectivity index (χ0n) is 11.2. The van der Waals surface area contributed by atoms with E-state index in [1.165, 1.54) is 0 Å². The molecule has 1 aliphatic rings. The minimum atomic E-state index is -4.59. The van der Waals surface area contributed by atoms with Gasteiger partial charge in [0.1, 0.15) is 6.10 Å². The zero-order valence-corrected chi connectivity index (χ0v) is 11.2. The van der Waals surface area contributed by atoms with E-state index in [2.05, 4.69) is 0 Å². The largest absolute Gasteiger partial charge is 0.487 e. The average Bonchev–Trinajstić information content (AvgIpc) is 2.33. The minimum absolute atomic E-state index is 0.240. The molecule has 0 aromatic heterocycles. The molecule has 1 saturated carbocycles. The molecular formula is C14H14F4O3. The van der Waals surface area contributed by atoms with E-state index in [1.54, 1.807) is 6.92 Å². The highest BCUT2D eigenvalue weighted by molar-refractivity contribution is 5.73. The molecule has 1 aliphatic carbocycles. The van der Waals surface area contributed by atoms with Crippen molar-refractivity contribution < 1.29 is 31.8 Å². The van der Waals surface area contributed by atoms with Crippen molar-refractivity contribution in [3.8, 4) is 5.75 Å². The molecule has 2 rings (SSSR count). The van der Waals surface area contributed by atoms with Gasteiger partial charge >= 0.3 is 12.1 Å². The normalized spacial score (nSPS) is 21.6. The molecule has 7 heteroatoms. The van der Waals surface area contributed by atoms with Gasteiger partial charge in [-0.3, -0.25) is 4.79 Å². The van der Waals surface area contributed by atoms with E-state index < -0.39 is 17.6 Å². The van der Waals surface area contributed by atoms with Crippen LogP contribution in [-0.2, 0) is 15.7 Å². The third-order valence-electron chi connectivity index (χ3n) is 3.27. The Bertz CT molecular complexity index is 521. The van der Waals surface area contributed by atoms with E-state index in [0.29, 0.717) is 18.9 Å². The van der Waals surface area contributed by atoms with Crippen molar-refractivity contribution in [3.63, 3.8) is 0 Å². The van der Waals surface area contributed by atoms with Crippen LogP contribution in [0.15, 0.2) is 18.2 Å². The van der Waals surface area contributed by atoms with Crippen LogP contribution in [0.5, 0.6) is 5.75 Å². The molecule has 0 spiro atoms. The molecule has 0 amide bonds. The molecule has 116 valence electrons. The predicted octanol–water partition coefficient (Wildman–Crippen LogP) is 3.57. The number of hydrogen-bond acceptors (Lipinski definition) is 3. The molecule has 0 saturated heterocycles. The van der Waals surface area contributed by atoms with E-state index in [-0.39, 0.29) is 30.3 Å². The van der Waals surface area contributed by atoms with Crippen molar-refractivity contribution in [2.24, 2.45) is 5.92 Å². The fourth-order valence-electron chi connectivity index (χ4n) is 2.07. The van der Waals surface area contributed by atoms with Crippen molar-refractivity contribution in [2.45, 2.75) is 32.0 Å². The van der Waals surface area contributed by atoms with Crippen LogP contribution in [0.4, 0.5) is 17.6 Å². The van der Waals surface area contributed by atoms with Gasteiger partial charge in [-0.05, 0) is 38.0 Å². The molecule has 0 radical (unpaired) electrons. The quantitative estimate of drug-likeness (QED) is 0.630. The Balaban J connectivity index is 1.92. The highest BCUT2D eigenvalue weighted by atomic mass is 19.4. The molecular weight excluding hydrogens is 292 g/mol. The van der Waals surface area contributed by atoms with Gasteiger partial charge in [-0.15, -0.1) is 0 Å². The minimum Gasteiger partial charge on any atom is -0.487 e. The molecule has 0 N–H and O–H groups in total. The Labute approximate surface area is 118 Å². The van der Waals surface area contributed by atoms with Gasteiger partial charge in [0.15, 0.2) is 11.6 Å². The van der Waals surface area contributed by atoms with Gasteiger partial charge in [0.2, 0.25) is 0 Å². The monoisotopic (exact) mass is 306 g/mol. The van der Waals surface area contributed by atoms with E-state index in [9.17, 15) is 22.4 Å². The van der Waals surface area contributed by atoms with Crippen LogP contribution in [-0.4, -0.2) is 18.7 Å². The maximum atomic E-state index is 13.6. The Morgan fingerprint density at radius 2 is 2.00 bits per heavy atom. The highest BCUT2D eigenvalue weighted by Crippen LogP contribution is 2.35. The average molecular weight is 306 g/mol. The summed E-state index contributed by atoms with van der Waals surface area (Å²) in [5.41, 5.74) is -1.06. The summed E-state index contributed by atoms with van der Waals surface area (Å²) in [7, 11) is 0. The van der Waals surface area contributed by atoms with Crippen molar-refractivity contribution in [1.82, 2.24) is 0 Å². The molecule has 0 atom stereocenters. The standard InChI is InChI=1S/C14H14F4O3/c1-2-20-13(19)8-5-10(6-8)21-12-4-3-9(7-11(12)15)14(16,17)18/h3-4,7-8,10H,2,5-6H2,1H3. The lowest BCUT2D eigenvalue weighted by atomic mass is 9.82. The Hall–Kier alpha value is -1.79. The summed E-state index contributed by atoms with van der Waals surface area (Å²) < 4.78 is 60.8. The van der Waals surface area contributed by atoms with Crippen LogP contribution < -0.4 is 4.74 Å². The van der Waals surface area contributed by atoms with Crippen molar-refractivity contribution in [2.75, 3.05) is 6.61 Å². The first kappa shape index (κ1) is 15.6. The maximum Gasteiger partial charge on any atom is 0.416 e. The van der Waals surface area contributed by atoms with Gasteiger partial charge in [0.25, 0.3) is 0 Å². The van der Waals surface area contributed by atoms with Gasteiger partial charge < -0.3 is 9.47 Å². The van der Waals surface area contributed by atoms with E-state index in [0.717, 1.165) is 12.1 Å². The SMILES string of the molecule is CCOC(=O)C1CC(Oc2ccc(C(F)(F)F)cc2F)C1. The maximum absolute atomic E-state index is 13.6. The Morgan fingerprint density at radius 3 is 2.52 bits per heavy atom. The zero-order chi connectivity index (χ0) is 15.6. The molecule has 0 unspecified atom stereocenters. The number of benzene rings is 1. The second-order valence-corrected chi connectivity index (χ2v) is 4.80. The van der Waals surface area contributed by atoms with Gasteiger partial charge in [-0.2, -0.15) is 13.2 Å². The van der Waals surface area contributed by atoms with Gasteiger partial charge in [-0.1, -0.05) is 0 Å². The molecule has 1 fully saturated rings. The molecule has 0 bridgehead atoms. The van der Waals surface area contributed by atoms with Crippen LogP contribution in [0.25, 0.3) is 0 Å². The van der Waals surface area contributed by atoms with Crippen molar-refractivity contribution in [3.05, 3.63) is 29.6 Å². The van der Waals surface area contributed by atoms with Crippen LogP contribution >= 0.6 is 0 Å². The second kappa shape index (κ2) is 5.91. The molecule has 1 aromatic carbocycles.